The predicted octanol–water partition coefficient (Wildman–Crippen LogP) is 3.23. The van der Waals surface area contributed by atoms with Gasteiger partial charge in [0.1, 0.15) is 4.32 Å². The minimum absolute atomic E-state index is 0.0278. The van der Waals surface area contributed by atoms with E-state index in [0.717, 1.165) is 11.1 Å². The third kappa shape index (κ3) is 5.90. The fraction of sp³-hybridized carbons (Fsp3) is 0.130. The molecule has 0 radical (unpaired) electrons. The Kier molecular flexibility index (Phi) is 7.38. The van der Waals surface area contributed by atoms with Crippen LogP contribution in [0.4, 0.5) is 5.69 Å². The highest BCUT2D eigenvalue weighted by Crippen LogP contribution is 2.32. The van der Waals surface area contributed by atoms with Crippen LogP contribution >= 0.6 is 24.0 Å². The molecule has 1 heterocycles. The normalized spacial score (nSPS) is 15.5. The summed E-state index contributed by atoms with van der Waals surface area (Å²) in [6.45, 7) is 2.00. The Morgan fingerprint density at radius 3 is 2.52 bits per heavy atom. The lowest BCUT2D eigenvalue weighted by Gasteiger charge is -2.15. The van der Waals surface area contributed by atoms with E-state index in [9.17, 15) is 19.5 Å². The number of carboxylic acids is 1. The van der Waals surface area contributed by atoms with Gasteiger partial charge in [0.15, 0.2) is 0 Å². The van der Waals surface area contributed by atoms with Crippen LogP contribution in [0.1, 0.15) is 29.3 Å². The molecule has 1 aliphatic rings. The van der Waals surface area contributed by atoms with Crippen LogP contribution in [0, 0.1) is 0 Å². The van der Waals surface area contributed by atoms with Crippen LogP contribution in [0.3, 0.4) is 0 Å². The van der Waals surface area contributed by atoms with Crippen LogP contribution in [-0.2, 0) is 9.59 Å². The average molecular weight is 452 g/mol. The third-order valence-corrected chi connectivity index (χ3v) is 5.79. The monoisotopic (exact) mass is 451 g/mol. The van der Waals surface area contributed by atoms with Crippen LogP contribution in [0.15, 0.2) is 71.2 Å². The molecule has 0 spiro atoms. The summed E-state index contributed by atoms with van der Waals surface area (Å²) in [7, 11) is 0. The maximum atomic E-state index is 12.7. The molecule has 0 aromatic heterocycles. The molecular formula is C23H19N2O4S2-. The van der Waals surface area contributed by atoms with Crippen molar-refractivity contribution in [1.29, 1.82) is 0 Å². The summed E-state index contributed by atoms with van der Waals surface area (Å²) >= 11 is 6.50. The summed E-state index contributed by atoms with van der Waals surface area (Å²) in [5.74, 6) is -2.05. The number of amides is 2. The van der Waals surface area contributed by atoms with Gasteiger partial charge in [-0.05, 0) is 30.2 Å². The van der Waals surface area contributed by atoms with Gasteiger partial charge in [-0.1, -0.05) is 78.6 Å². The lowest BCUT2D eigenvalue weighted by atomic mass is 10.1. The molecular weight excluding hydrogens is 432 g/mol. The van der Waals surface area contributed by atoms with Crippen LogP contribution in [0.5, 0.6) is 0 Å². The number of carboxylic acid groups (broad SMARTS) is 1. The summed E-state index contributed by atoms with van der Waals surface area (Å²) in [5, 5.41) is 13.7. The Balaban J connectivity index is 1.62. The van der Waals surface area contributed by atoms with E-state index in [2.05, 4.69) is 5.32 Å². The van der Waals surface area contributed by atoms with Crippen molar-refractivity contribution in [1.82, 2.24) is 4.90 Å². The second-order valence-corrected chi connectivity index (χ2v) is 8.44. The topological polar surface area (TPSA) is 89.5 Å². The Labute approximate surface area is 189 Å². The van der Waals surface area contributed by atoms with Crippen LogP contribution in [-0.4, -0.2) is 33.5 Å². The van der Waals surface area contributed by atoms with E-state index in [4.69, 9.17) is 12.2 Å². The highest BCUT2D eigenvalue weighted by atomic mass is 32.2. The van der Waals surface area contributed by atoms with Crippen molar-refractivity contribution in [2.24, 2.45) is 0 Å². The van der Waals surface area contributed by atoms with E-state index < -0.39 is 11.9 Å². The molecule has 158 valence electrons. The maximum absolute atomic E-state index is 12.7. The van der Waals surface area contributed by atoms with Crippen LogP contribution in [0.25, 0.3) is 6.08 Å². The van der Waals surface area contributed by atoms with Crippen molar-refractivity contribution < 1.29 is 19.5 Å². The minimum Gasteiger partial charge on any atom is -0.545 e. The average Bonchev–Trinajstić information content (AvgIpc) is 2.99. The van der Waals surface area contributed by atoms with Crippen molar-refractivity contribution in [3.63, 3.8) is 0 Å². The van der Waals surface area contributed by atoms with Gasteiger partial charge in [-0.25, -0.2) is 0 Å². The Morgan fingerprint density at radius 2 is 1.81 bits per heavy atom. The molecule has 1 fully saturated rings. The minimum atomic E-state index is -1.38. The largest absolute Gasteiger partial charge is 0.545 e. The smallest absolute Gasteiger partial charge is 0.266 e. The molecule has 0 atom stereocenters. The van der Waals surface area contributed by atoms with Crippen LogP contribution < -0.4 is 10.4 Å². The quantitative estimate of drug-likeness (QED) is 0.514. The number of anilines is 1. The number of hydrogen-bond donors (Lipinski definition) is 1. The van der Waals surface area contributed by atoms with E-state index in [1.165, 1.54) is 28.8 Å². The lowest BCUT2D eigenvalue weighted by Crippen LogP contribution is -2.32. The van der Waals surface area contributed by atoms with Crippen molar-refractivity contribution in [2.45, 2.75) is 13.3 Å². The number of benzene rings is 2. The molecule has 8 heteroatoms. The number of allylic oxidation sites excluding steroid dienone is 2. The van der Waals surface area contributed by atoms with Gasteiger partial charge in [0.25, 0.3) is 5.91 Å². The molecule has 6 nitrogen and oxygen atoms in total. The number of hydrogen-bond acceptors (Lipinski definition) is 6. The van der Waals surface area contributed by atoms with Crippen molar-refractivity contribution in [3.05, 3.63) is 82.3 Å². The first-order valence-corrected chi connectivity index (χ1v) is 10.7. The van der Waals surface area contributed by atoms with Crippen molar-refractivity contribution in [3.8, 4) is 0 Å². The summed E-state index contributed by atoms with van der Waals surface area (Å²) in [6.07, 6.45) is 3.72. The second-order valence-electron chi connectivity index (χ2n) is 6.76. The molecule has 1 aliphatic heterocycles. The third-order valence-electron chi connectivity index (χ3n) is 4.41. The Bertz CT molecular complexity index is 1090. The number of carbonyl (C=O) groups excluding carboxylic acids is 3. The zero-order valence-electron chi connectivity index (χ0n) is 16.7. The summed E-state index contributed by atoms with van der Waals surface area (Å²) < 4.78 is 0.381. The summed E-state index contributed by atoms with van der Waals surface area (Å²) in [6, 6.07) is 15.7. The van der Waals surface area contributed by atoms with E-state index in [1.54, 1.807) is 18.2 Å². The summed E-state index contributed by atoms with van der Waals surface area (Å²) in [4.78, 5) is 38.0. The number of aromatic carboxylic acids is 1. The van der Waals surface area contributed by atoms with Gasteiger partial charge < -0.3 is 15.2 Å². The van der Waals surface area contributed by atoms with Gasteiger partial charge in [0.05, 0.1) is 10.9 Å². The maximum Gasteiger partial charge on any atom is 0.266 e. The first-order valence-electron chi connectivity index (χ1n) is 9.44. The molecule has 1 N–H and O–H groups in total. The van der Waals surface area contributed by atoms with Gasteiger partial charge in [-0.15, -0.1) is 0 Å². The standard InChI is InChI=1S/C23H20N2O4S2/c1-15(13-16-7-3-2-4-8-16)14-19-21(27)25(23(30)31-19)12-11-20(26)24-18-10-6-5-9-17(18)22(28)29/h2-10,13-14H,11-12H2,1H3,(H,24,26)(H,28,29)/p-1/b15-13+,19-14+. The first-order chi connectivity index (χ1) is 14.8. The van der Waals surface area contributed by atoms with Crippen LogP contribution in [0.2, 0.25) is 0 Å². The van der Waals surface area contributed by atoms with Gasteiger partial charge in [-0.3, -0.25) is 14.5 Å². The molecule has 31 heavy (non-hydrogen) atoms. The fourth-order valence-electron chi connectivity index (χ4n) is 2.95. The zero-order valence-corrected chi connectivity index (χ0v) is 18.3. The lowest BCUT2D eigenvalue weighted by molar-refractivity contribution is -0.254. The summed E-state index contributed by atoms with van der Waals surface area (Å²) in [5.41, 5.74) is 1.98. The fourth-order valence-corrected chi connectivity index (χ4v) is 4.31. The number of para-hydroxylation sites is 1. The SMILES string of the molecule is CC(=C\c1ccccc1)/C=C1/SC(=S)N(CCC(=O)Nc2ccccc2C(=O)[O-])C1=O. The Hall–Kier alpha value is -3.23. The number of nitrogens with zero attached hydrogens (tertiary/aromatic N) is 1. The van der Waals surface area contributed by atoms with Crippen molar-refractivity contribution >= 4 is 57.8 Å². The van der Waals surface area contributed by atoms with E-state index >= 15 is 0 Å². The van der Waals surface area contributed by atoms with Gasteiger partial charge in [0, 0.05) is 24.2 Å². The number of nitrogens with one attached hydrogen (secondary N) is 1. The molecule has 0 unspecified atom stereocenters. The number of thioether (sulfide) groups is 1. The number of carbonyl (C=O) groups is 3. The Morgan fingerprint density at radius 1 is 1.13 bits per heavy atom. The molecule has 3 rings (SSSR count). The molecule has 2 aromatic rings. The number of thiocarbonyl (C=S) groups is 1. The van der Waals surface area contributed by atoms with Gasteiger partial charge in [-0.2, -0.15) is 0 Å². The molecule has 2 amide bonds. The molecule has 0 saturated carbocycles. The second kappa shape index (κ2) is 10.2. The van der Waals surface area contributed by atoms with E-state index in [0.29, 0.717) is 9.23 Å². The molecule has 2 aromatic carbocycles. The molecule has 0 aliphatic carbocycles. The molecule has 0 bridgehead atoms. The molecule has 1 saturated heterocycles. The van der Waals surface area contributed by atoms with Gasteiger partial charge >= 0.3 is 0 Å². The highest BCUT2D eigenvalue weighted by Gasteiger charge is 2.32. The van der Waals surface area contributed by atoms with E-state index in [-0.39, 0.29) is 30.1 Å². The number of rotatable bonds is 7. The predicted molar refractivity (Wildman–Crippen MR) is 124 cm³/mol. The zero-order chi connectivity index (χ0) is 22.4. The van der Waals surface area contributed by atoms with E-state index in [1.807, 2.05) is 43.3 Å². The highest BCUT2D eigenvalue weighted by molar-refractivity contribution is 8.26. The first kappa shape index (κ1) is 22.5. The van der Waals surface area contributed by atoms with Crippen molar-refractivity contribution in [2.75, 3.05) is 11.9 Å². The van der Waals surface area contributed by atoms with Gasteiger partial charge in [0.2, 0.25) is 5.91 Å².